The third kappa shape index (κ3) is 7.88. The highest BCUT2D eigenvalue weighted by molar-refractivity contribution is 5.76. The molecule has 0 bridgehead atoms. The van der Waals surface area contributed by atoms with Crippen molar-refractivity contribution in [2.24, 2.45) is 0 Å². The summed E-state index contributed by atoms with van der Waals surface area (Å²) in [5.41, 5.74) is 2.69. The van der Waals surface area contributed by atoms with Crippen molar-refractivity contribution in [2.45, 2.75) is 32.2 Å². The molecule has 1 amide bonds. The topological polar surface area (TPSA) is 79.5 Å². The highest BCUT2D eigenvalue weighted by Gasteiger charge is 2.04. The normalized spacial score (nSPS) is 11.7. The van der Waals surface area contributed by atoms with Crippen LogP contribution in [0, 0.1) is 0 Å². The maximum absolute atomic E-state index is 11.8. The summed E-state index contributed by atoms with van der Waals surface area (Å²) in [7, 11) is 3.51. The zero-order valence-corrected chi connectivity index (χ0v) is 15.8. The van der Waals surface area contributed by atoms with E-state index in [2.05, 4.69) is 28.6 Å². The average molecular weight is 359 g/mol. The van der Waals surface area contributed by atoms with Crippen LogP contribution in [-0.4, -0.2) is 38.9 Å². The van der Waals surface area contributed by atoms with Crippen molar-refractivity contribution in [3.05, 3.63) is 42.1 Å². The quantitative estimate of drug-likeness (QED) is 0.395. The number of hydrogen-bond acceptors (Lipinski definition) is 5. The minimum atomic E-state index is -0.301. The van der Waals surface area contributed by atoms with Crippen molar-refractivity contribution in [3.8, 4) is 5.75 Å². The summed E-state index contributed by atoms with van der Waals surface area (Å²) in [6.45, 7) is 5.83. The van der Waals surface area contributed by atoms with E-state index in [0.717, 1.165) is 36.1 Å². The van der Waals surface area contributed by atoms with Gasteiger partial charge in [-0.3, -0.25) is 4.79 Å². The summed E-state index contributed by atoms with van der Waals surface area (Å²) in [5.74, 6) is 0.780. The Morgan fingerprint density at radius 3 is 2.81 bits per heavy atom. The molecule has 0 saturated carbocycles. The Kier molecular flexibility index (Phi) is 9.61. The predicted molar refractivity (Wildman–Crippen MR) is 106 cm³/mol. The Hall–Kier alpha value is -2.76. The first-order chi connectivity index (χ1) is 12.5. The van der Waals surface area contributed by atoms with Crippen LogP contribution in [0.15, 0.2) is 36.6 Å². The van der Waals surface area contributed by atoms with Gasteiger partial charge in [-0.25, -0.2) is 0 Å². The van der Waals surface area contributed by atoms with Gasteiger partial charge < -0.3 is 25.5 Å². The van der Waals surface area contributed by atoms with Crippen molar-refractivity contribution in [1.29, 1.82) is 0 Å². The van der Waals surface area contributed by atoms with Gasteiger partial charge in [-0.2, -0.15) is 0 Å². The molecule has 0 aliphatic carbocycles. The molecule has 6 nitrogen and oxygen atoms in total. The van der Waals surface area contributed by atoms with Gasteiger partial charge in [0.2, 0.25) is 5.91 Å². The first kappa shape index (κ1) is 21.3. The van der Waals surface area contributed by atoms with Crippen LogP contribution in [0.2, 0.25) is 0 Å². The van der Waals surface area contributed by atoms with Gasteiger partial charge in [-0.15, -0.1) is 0 Å². The largest absolute Gasteiger partial charge is 0.497 e. The summed E-state index contributed by atoms with van der Waals surface area (Å²) in [6.07, 6.45) is 6.91. The van der Waals surface area contributed by atoms with E-state index in [9.17, 15) is 9.59 Å². The molecule has 0 radical (unpaired) electrons. The number of ether oxygens (including phenoxy) is 1. The Morgan fingerprint density at radius 2 is 2.15 bits per heavy atom. The lowest BCUT2D eigenvalue weighted by Crippen LogP contribution is -2.34. The standard InChI is InChI=1S/C20H29N3O3/c1-15(23-16(2)14-24)13-22-20(25)9-7-5-6-8-17-10-11-18(26-4)12-19(17)21-3/h6,8,10-12,14,16,21,23H,1,5,7,9,13H2,2-4H3,(H,22,25)/b8-6+/t16-/m1/s1. The molecule has 0 saturated heterocycles. The molecule has 6 heteroatoms. The molecule has 0 heterocycles. The molecule has 142 valence electrons. The second-order valence-corrected chi connectivity index (χ2v) is 5.95. The maximum atomic E-state index is 11.8. The lowest BCUT2D eigenvalue weighted by Gasteiger charge is -2.12. The minimum Gasteiger partial charge on any atom is -0.497 e. The number of anilines is 1. The van der Waals surface area contributed by atoms with E-state index in [1.807, 2.05) is 31.3 Å². The fourth-order valence-corrected chi connectivity index (χ4v) is 2.32. The molecule has 0 fully saturated rings. The highest BCUT2D eigenvalue weighted by atomic mass is 16.5. The van der Waals surface area contributed by atoms with Crippen molar-refractivity contribution in [3.63, 3.8) is 0 Å². The number of unbranched alkanes of at least 4 members (excludes halogenated alkanes) is 1. The van der Waals surface area contributed by atoms with Crippen LogP contribution >= 0.6 is 0 Å². The van der Waals surface area contributed by atoms with Gasteiger partial charge in [0.25, 0.3) is 0 Å². The number of methoxy groups -OCH3 is 1. The minimum absolute atomic E-state index is 0.0273. The van der Waals surface area contributed by atoms with Crippen LogP contribution in [0.5, 0.6) is 5.75 Å². The molecule has 1 rings (SSSR count). The van der Waals surface area contributed by atoms with Crippen molar-refractivity contribution in [2.75, 3.05) is 26.0 Å². The van der Waals surface area contributed by atoms with Crippen LogP contribution in [-0.2, 0) is 9.59 Å². The Labute approximate surface area is 155 Å². The van der Waals surface area contributed by atoms with E-state index in [4.69, 9.17) is 4.74 Å². The summed E-state index contributed by atoms with van der Waals surface area (Å²) < 4.78 is 5.21. The molecule has 1 atom stereocenters. The molecule has 0 spiro atoms. The SMILES string of the molecule is C=C(CNC(=O)CCC/C=C/c1ccc(OC)cc1NC)N[C@H](C)C=O. The molecule has 0 unspecified atom stereocenters. The molecule has 0 aliphatic heterocycles. The van der Waals surface area contributed by atoms with Crippen LogP contribution in [0.25, 0.3) is 6.08 Å². The van der Waals surface area contributed by atoms with Crippen LogP contribution < -0.4 is 20.7 Å². The molecule has 26 heavy (non-hydrogen) atoms. The van der Waals surface area contributed by atoms with Crippen molar-refractivity contribution in [1.82, 2.24) is 10.6 Å². The molecule has 1 aromatic carbocycles. The predicted octanol–water partition coefficient (Wildman–Crippen LogP) is 2.73. The summed E-state index contributed by atoms with van der Waals surface area (Å²) in [6, 6.07) is 5.55. The van der Waals surface area contributed by atoms with Gasteiger partial charge >= 0.3 is 0 Å². The molecule has 1 aromatic rings. The highest BCUT2D eigenvalue weighted by Crippen LogP contribution is 2.23. The number of nitrogens with one attached hydrogen (secondary N) is 3. The number of rotatable bonds is 12. The zero-order valence-electron chi connectivity index (χ0n) is 15.8. The van der Waals surface area contributed by atoms with Crippen molar-refractivity contribution >= 4 is 24.0 Å². The van der Waals surface area contributed by atoms with Gasteiger partial charge in [-0.1, -0.05) is 18.7 Å². The van der Waals surface area contributed by atoms with E-state index in [0.29, 0.717) is 18.7 Å². The lowest BCUT2D eigenvalue weighted by atomic mass is 10.1. The number of amides is 1. The fourth-order valence-electron chi connectivity index (χ4n) is 2.32. The van der Waals surface area contributed by atoms with Gasteiger partial charge in [0, 0.05) is 30.9 Å². The zero-order chi connectivity index (χ0) is 19.4. The van der Waals surface area contributed by atoms with Gasteiger partial charge in [0.15, 0.2) is 0 Å². The fraction of sp³-hybridized carbons (Fsp3) is 0.400. The van der Waals surface area contributed by atoms with E-state index in [-0.39, 0.29) is 11.9 Å². The summed E-state index contributed by atoms with van der Waals surface area (Å²) in [4.78, 5) is 22.4. The van der Waals surface area contributed by atoms with Crippen LogP contribution in [0.3, 0.4) is 0 Å². The maximum Gasteiger partial charge on any atom is 0.220 e. The third-order valence-electron chi connectivity index (χ3n) is 3.74. The number of aldehydes is 1. The Balaban J connectivity index is 2.31. The lowest BCUT2D eigenvalue weighted by molar-refractivity contribution is -0.121. The monoisotopic (exact) mass is 359 g/mol. The summed E-state index contributed by atoms with van der Waals surface area (Å²) >= 11 is 0. The van der Waals surface area contributed by atoms with E-state index in [1.165, 1.54) is 0 Å². The number of carbonyl (C=O) groups excluding carboxylic acids is 2. The first-order valence-corrected chi connectivity index (χ1v) is 8.68. The average Bonchev–Trinajstić information content (AvgIpc) is 2.65. The number of benzene rings is 1. The Bertz CT molecular complexity index is 641. The number of allylic oxidation sites excluding steroid dienone is 1. The molecular formula is C20H29N3O3. The van der Waals surface area contributed by atoms with Gasteiger partial charge in [0.1, 0.15) is 12.0 Å². The van der Waals surface area contributed by atoms with E-state index in [1.54, 1.807) is 14.0 Å². The first-order valence-electron chi connectivity index (χ1n) is 8.68. The Morgan fingerprint density at radius 1 is 1.38 bits per heavy atom. The number of carbonyl (C=O) groups is 2. The second-order valence-electron chi connectivity index (χ2n) is 5.95. The van der Waals surface area contributed by atoms with Crippen LogP contribution in [0.4, 0.5) is 5.69 Å². The van der Waals surface area contributed by atoms with Crippen LogP contribution in [0.1, 0.15) is 31.7 Å². The molecule has 0 aromatic heterocycles. The molecular weight excluding hydrogens is 330 g/mol. The van der Waals surface area contributed by atoms with E-state index < -0.39 is 0 Å². The number of hydrogen-bond donors (Lipinski definition) is 3. The van der Waals surface area contributed by atoms with Crippen molar-refractivity contribution < 1.29 is 14.3 Å². The van der Waals surface area contributed by atoms with E-state index >= 15 is 0 Å². The van der Waals surface area contributed by atoms with Gasteiger partial charge in [-0.05, 0) is 37.5 Å². The van der Waals surface area contributed by atoms with Gasteiger partial charge in [0.05, 0.1) is 19.7 Å². The molecule has 0 aliphatic rings. The summed E-state index contributed by atoms with van der Waals surface area (Å²) in [5, 5.41) is 8.82. The smallest absolute Gasteiger partial charge is 0.220 e. The second kappa shape index (κ2) is 11.7. The molecule has 3 N–H and O–H groups in total. The third-order valence-corrected chi connectivity index (χ3v) is 3.74.